The van der Waals surface area contributed by atoms with Crippen molar-refractivity contribution in [2.24, 2.45) is 5.41 Å². The Balaban J connectivity index is 2.14. The monoisotopic (exact) mass is 209 g/mol. The van der Waals surface area contributed by atoms with E-state index in [2.05, 4.69) is 25.8 Å². The third kappa shape index (κ3) is 2.59. The Labute approximate surface area is 90.8 Å². The molecule has 15 heavy (non-hydrogen) atoms. The van der Waals surface area contributed by atoms with Crippen molar-refractivity contribution in [1.82, 2.24) is 4.98 Å². The highest BCUT2D eigenvalue weighted by Crippen LogP contribution is 2.30. The van der Waals surface area contributed by atoms with E-state index in [0.717, 1.165) is 37.5 Å². The molecule has 1 aromatic heterocycles. The predicted molar refractivity (Wildman–Crippen MR) is 57.8 cm³/mol. The van der Waals surface area contributed by atoms with Crippen molar-refractivity contribution in [3.05, 3.63) is 17.8 Å². The van der Waals surface area contributed by atoms with Crippen LogP contribution in [0.4, 0.5) is 0 Å². The highest BCUT2D eigenvalue weighted by atomic mass is 16.5. The zero-order chi connectivity index (χ0) is 10.9. The first kappa shape index (κ1) is 10.7. The summed E-state index contributed by atoms with van der Waals surface area (Å²) in [5.74, 6) is 1.47. The Morgan fingerprint density at radius 2 is 2.27 bits per heavy atom. The van der Waals surface area contributed by atoms with Crippen molar-refractivity contribution in [3.63, 3.8) is 0 Å². The molecule has 1 unspecified atom stereocenters. The Hall–Kier alpha value is -0.830. The van der Waals surface area contributed by atoms with Gasteiger partial charge in [-0.25, -0.2) is 4.98 Å². The minimum atomic E-state index is 0.255. The molecule has 2 rings (SSSR count). The molecule has 0 aliphatic carbocycles. The van der Waals surface area contributed by atoms with E-state index in [4.69, 9.17) is 9.15 Å². The van der Waals surface area contributed by atoms with Crippen LogP contribution in [-0.4, -0.2) is 18.2 Å². The summed E-state index contributed by atoms with van der Waals surface area (Å²) in [5, 5.41) is 0. The first-order chi connectivity index (χ1) is 7.06. The van der Waals surface area contributed by atoms with E-state index in [9.17, 15) is 0 Å². The van der Waals surface area contributed by atoms with Gasteiger partial charge >= 0.3 is 0 Å². The van der Waals surface area contributed by atoms with Gasteiger partial charge in [0.05, 0.1) is 12.3 Å². The van der Waals surface area contributed by atoms with Gasteiger partial charge in [-0.2, -0.15) is 0 Å². The van der Waals surface area contributed by atoms with Crippen LogP contribution in [0, 0.1) is 5.41 Å². The van der Waals surface area contributed by atoms with Gasteiger partial charge in [-0.1, -0.05) is 20.8 Å². The molecule has 1 aliphatic rings. The van der Waals surface area contributed by atoms with E-state index in [1.165, 1.54) is 0 Å². The van der Waals surface area contributed by atoms with Gasteiger partial charge in [0, 0.05) is 12.5 Å². The van der Waals surface area contributed by atoms with Crippen LogP contribution in [0.1, 0.15) is 44.6 Å². The van der Waals surface area contributed by atoms with Crippen molar-refractivity contribution in [3.8, 4) is 0 Å². The van der Waals surface area contributed by atoms with Gasteiger partial charge in [0.25, 0.3) is 0 Å². The van der Waals surface area contributed by atoms with Gasteiger partial charge in [0.15, 0.2) is 6.39 Å². The second-order valence-electron chi connectivity index (χ2n) is 5.46. The molecule has 3 nitrogen and oxygen atoms in total. The number of oxazole rings is 1. The van der Waals surface area contributed by atoms with Crippen LogP contribution >= 0.6 is 0 Å². The first-order valence-corrected chi connectivity index (χ1v) is 5.56. The fourth-order valence-electron chi connectivity index (χ4n) is 1.99. The van der Waals surface area contributed by atoms with Gasteiger partial charge < -0.3 is 9.15 Å². The lowest BCUT2D eigenvalue weighted by molar-refractivity contribution is 0.191. The van der Waals surface area contributed by atoms with Gasteiger partial charge in [-0.15, -0.1) is 0 Å². The zero-order valence-electron chi connectivity index (χ0n) is 9.75. The van der Waals surface area contributed by atoms with Crippen LogP contribution < -0.4 is 0 Å². The Morgan fingerprint density at radius 1 is 1.47 bits per heavy atom. The Kier molecular flexibility index (Phi) is 2.83. The maximum absolute atomic E-state index is 5.50. The number of aromatic nitrogens is 1. The molecule has 1 aromatic rings. The molecule has 0 N–H and O–H groups in total. The van der Waals surface area contributed by atoms with Crippen LogP contribution in [0.25, 0.3) is 0 Å². The zero-order valence-corrected chi connectivity index (χ0v) is 9.75. The van der Waals surface area contributed by atoms with E-state index in [1.54, 1.807) is 6.39 Å². The maximum atomic E-state index is 5.50. The third-order valence-corrected chi connectivity index (χ3v) is 2.67. The average molecular weight is 209 g/mol. The smallest absolute Gasteiger partial charge is 0.181 e. The largest absolute Gasteiger partial charge is 0.448 e. The number of nitrogens with zero attached hydrogens (tertiary/aromatic N) is 1. The molecule has 1 atom stereocenters. The van der Waals surface area contributed by atoms with E-state index in [1.807, 2.05) is 0 Å². The van der Waals surface area contributed by atoms with Crippen LogP contribution in [0.2, 0.25) is 0 Å². The molecule has 0 radical (unpaired) electrons. The summed E-state index contributed by atoms with van der Waals surface area (Å²) in [6, 6.07) is 0. The highest BCUT2D eigenvalue weighted by molar-refractivity contribution is 5.15. The molecule has 0 amide bonds. The van der Waals surface area contributed by atoms with Gasteiger partial charge in [0.2, 0.25) is 0 Å². The van der Waals surface area contributed by atoms with Crippen molar-refractivity contribution >= 4 is 0 Å². The molecule has 0 bridgehead atoms. The van der Waals surface area contributed by atoms with E-state index in [-0.39, 0.29) is 5.41 Å². The fraction of sp³-hybridized carbons (Fsp3) is 0.750. The van der Waals surface area contributed by atoms with Crippen LogP contribution in [0.3, 0.4) is 0 Å². The third-order valence-electron chi connectivity index (χ3n) is 2.67. The Morgan fingerprint density at radius 3 is 2.87 bits per heavy atom. The molecule has 1 saturated heterocycles. The van der Waals surface area contributed by atoms with Crippen molar-refractivity contribution in [2.75, 3.05) is 13.2 Å². The standard InChI is InChI=1S/C12H19NO2/c1-12(2,3)6-10-11(15-8-13-10)9-4-5-14-7-9/h8-9H,4-7H2,1-3H3. The van der Waals surface area contributed by atoms with Crippen molar-refractivity contribution in [2.45, 2.75) is 39.5 Å². The first-order valence-electron chi connectivity index (χ1n) is 5.56. The summed E-state index contributed by atoms with van der Waals surface area (Å²) in [6.07, 6.45) is 3.59. The molecule has 0 aromatic carbocycles. The molecule has 0 saturated carbocycles. The summed E-state index contributed by atoms with van der Waals surface area (Å²) >= 11 is 0. The topological polar surface area (TPSA) is 35.3 Å². The lowest BCUT2D eigenvalue weighted by Crippen LogP contribution is -2.12. The average Bonchev–Trinajstić information content (AvgIpc) is 2.68. The van der Waals surface area contributed by atoms with Crippen molar-refractivity contribution < 1.29 is 9.15 Å². The van der Waals surface area contributed by atoms with Gasteiger partial charge in [-0.3, -0.25) is 0 Å². The molecule has 1 fully saturated rings. The number of rotatable bonds is 2. The van der Waals surface area contributed by atoms with Crippen LogP contribution in [-0.2, 0) is 11.2 Å². The minimum Gasteiger partial charge on any atom is -0.448 e. The summed E-state index contributed by atoms with van der Waals surface area (Å²) in [5.41, 5.74) is 1.36. The van der Waals surface area contributed by atoms with E-state index >= 15 is 0 Å². The quantitative estimate of drug-likeness (QED) is 0.751. The molecule has 3 heteroatoms. The molecular formula is C12H19NO2. The van der Waals surface area contributed by atoms with E-state index in [0.29, 0.717) is 5.92 Å². The summed E-state index contributed by atoms with van der Waals surface area (Å²) in [7, 11) is 0. The lowest BCUT2D eigenvalue weighted by atomic mass is 9.88. The van der Waals surface area contributed by atoms with Gasteiger partial charge in [0.1, 0.15) is 5.76 Å². The number of hydrogen-bond acceptors (Lipinski definition) is 3. The molecule has 84 valence electrons. The van der Waals surface area contributed by atoms with E-state index < -0.39 is 0 Å². The maximum Gasteiger partial charge on any atom is 0.181 e. The minimum absolute atomic E-state index is 0.255. The SMILES string of the molecule is CC(C)(C)Cc1ncoc1C1CCOC1. The van der Waals surface area contributed by atoms with Crippen LogP contribution in [0.15, 0.2) is 10.8 Å². The molecular weight excluding hydrogens is 190 g/mol. The normalized spacial score (nSPS) is 22.2. The fourth-order valence-corrected chi connectivity index (χ4v) is 1.99. The lowest BCUT2D eigenvalue weighted by Gasteiger charge is -2.17. The Bertz CT molecular complexity index is 319. The highest BCUT2D eigenvalue weighted by Gasteiger charge is 2.26. The number of ether oxygens (including phenoxy) is 1. The van der Waals surface area contributed by atoms with Crippen molar-refractivity contribution in [1.29, 1.82) is 0 Å². The predicted octanol–water partition coefficient (Wildman–Crippen LogP) is 2.77. The molecule has 1 aliphatic heterocycles. The summed E-state index contributed by atoms with van der Waals surface area (Å²) in [6.45, 7) is 8.29. The molecule has 0 spiro atoms. The molecule has 2 heterocycles. The summed E-state index contributed by atoms with van der Waals surface area (Å²) in [4.78, 5) is 4.32. The summed E-state index contributed by atoms with van der Waals surface area (Å²) < 4.78 is 10.9. The second-order valence-corrected chi connectivity index (χ2v) is 5.46. The number of hydrogen-bond donors (Lipinski definition) is 0. The second kappa shape index (κ2) is 3.97. The van der Waals surface area contributed by atoms with Crippen LogP contribution in [0.5, 0.6) is 0 Å². The van der Waals surface area contributed by atoms with Gasteiger partial charge in [-0.05, 0) is 18.3 Å².